The van der Waals surface area contributed by atoms with Crippen molar-refractivity contribution in [2.45, 2.75) is 32.4 Å². The third kappa shape index (κ3) is 2.18. The summed E-state index contributed by atoms with van der Waals surface area (Å²) >= 11 is 0. The van der Waals surface area contributed by atoms with Crippen LogP contribution in [0.3, 0.4) is 0 Å². The molecule has 0 radical (unpaired) electrons. The molecule has 2 aromatic rings. The van der Waals surface area contributed by atoms with Crippen molar-refractivity contribution in [2.75, 3.05) is 13.7 Å². The zero-order valence-corrected chi connectivity index (χ0v) is 11.8. The van der Waals surface area contributed by atoms with E-state index in [1.54, 1.807) is 6.07 Å². The first-order chi connectivity index (χ1) is 9.70. The Balaban J connectivity index is 2.05. The smallest absolute Gasteiger partial charge is 0.337 e. The molecule has 0 aliphatic carbocycles. The maximum atomic E-state index is 11.6. The molecule has 1 atom stereocenters. The van der Waals surface area contributed by atoms with Crippen molar-refractivity contribution in [1.82, 2.24) is 9.78 Å². The quantitative estimate of drug-likeness (QED) is 0.790. The highest BCUT2D eigenvalue weighted by Crippen LogP contribution is 2.28. The maximum absolute atomic E-state index is 11.6. The van der Waals surface area contributed by atoms with Crippen molar-refractivity contribution < 1.29 is 14.3 Å². The minimum atomic E-state index is -0.326. The third-order valence-corrected chi connectivity index (χ3v) is 3.74. The summed E-state index contributed by atoms with van der Waals surface area (Å²) in [5.74, 6) is -0.326. The van der Waals surface area contributed by atoms with E-state index in [0.29, 0.717) is 5.56 Å². The van der Waals surface area contributed by atoms with Gasteiger partial charge in [0.2, 0.25) is 0 Å². The predicted octanol–water partition coefficient (Wildman–Crippen LogP) is 2.83. The number of carbonyl (C=O) groups excluding carboxylic acids is 1. The van der Waals surface area contributed by atoms with Gasteiger partial charge in [-0.3, -0.25) is 0 Å². The van der Waals surface area contributed by atoms with E-state index < -0.39 is 0 Å². The molecule has 1 saturated heterocycles. The van der Waals surface area contributed by atoms with Crippen LogP contribution in [-0.2, 0) is 9.47 Å². The number of ether oxygens (including phenoxy) is 2. The summed E-state index contributed by atoms with van der Waals surface area (Å²) in [6.07, 6.45) is 3.26. The maximum Gasteiger partial charge on any atom is 0.337 e. The highest BCUT2D eigenvalue weighted by atomic mass is 16.5. The molecule has 20 heavy (non-hydrogen) atoms. The first-order valence-electron chi connectivity index (χ1n) is 6.89. The first kappa shape index (κ1) is 13.1. The fraction of sp³-hybridized carbons (Fsp3) is 0.467. The summed E-state index contributed by atoms with van der Waals surface area (Å²) < 4.78 is 12.5. The lowest BCUT2D eigenvalue weighted by Crippen LogP contribution is -2.19. The van der Waals surface area contributed by atoms with Crippen LogP contribution in [0.1, 0.15) is 41.5 Å². The van der Waals surface area contributed by atoms with Gasteiger partial charge in [-0.15, -0.1) is 0 Å². The van der Waals surface area contributed by atoms with Crippen molar-refractivity contribution >= 4 is 16.9 Å². The Labute approximate surface area is 117 Å². The highest BCUT2D eigenvalue weighted by Gasteiger charge is 2.20. The lowest BCUT2D eigenvalue weighted by molar-refractivity contribution is -0.0368. The number of aromatic nitrogens is 2. The van der Waals surface area contributed by atoms with E-state index in [2.05, 4.69) is 5.10 Å². The Morgan fingerprint density at radius 3 is 3.00 bits per heavy atom. The number of rotatable bonds is 2. The van der Waals surface area contributed by atoms with Crippen molar-refractivity contribution in [3.8, 4) is 0 Å². The summed E-state index contributed by atoms with van der Waals surface area (Å²) in [5.41, 5.74) is 2.45. The van der Waals surface area contributed by atoms with Crippen molar-refractivity contribution in [3.63, 3.8) is 0 Å². The highest BCUT2D eigenvalue weighted by molar-refractivity contribution is 5.95. The predicted molar refractivity (Wildman–Crippen MR) is 74.6 cm³/mol. The van der Waals surface area contributed by atoms with E-state index in [4.69, 9.17) is 9.47 Å². The molecule has 5 heteroatoms. The van der Waals surface area contributed by atoms with Crippen LogP contribution >= 0.6 is 0 Å². The van der Waals surface area contributed by atoms with Crippen LogP contribution in [0, 0.1) is 6.92 Å². The van der Waals surface area contributed by atoms with Crippen LogP contribution in [0.4, 0.5) is 0 Å². The average molecular weight is 274 g/mol. The second kappa shape index (κ2) is 5.25. The zero-order chi connectivity index (χ0) is 14.1. The summed E-state index contributed by atoms with van der Waals surface area (Å²) in [7, 11) is 1.39. The molecule has 5 nitrogen and oxygen atoms in total. The second-order valence-corrected chi connectivity index (χ2v) is 5.07. The number of methoxy groups -OCH3 is 1. The second-order valence-electron chi connectivity index (χ2n) is 5.07. The molecule has 106 valence electrons. The molecule has 1 aliphatic heterocycles. The number of nitrogens with zero attached hydrogens (tertiary/aromatic N) is 2. The molecule has 1 unspecified atom stereocenters. The normalized spacial score (nSPS) is 19.2. The zero-order valence-electron chi connectivity index (χ0n) is 11.8. The average Bonchev–Trinajstić information content (AvgIpc) is 2.84. The van der Waals surface area contributed by atoms with Crippen LogP contribution in [0.5, 0.6) is 0 Å². The van der Waals surface area contributed by atoms with Crippen molar-refractivity contribution in [3.05, 3.63) is 29.5 Å². The number of fused-ring (bicyclic) bond motifs is 1. The Kier molecular flexibility index (Phi) is 3.44. The van der Waals surface area contributed by atoms with E-state index in [-0.39, 0.29) is 12.2 Å². The van der Waals surface area contributed by atoms with Gasteiger partial charge in [-0.1, -0.05) is 0 Å². The van der Waals surface area contributed by atoms with Gasteiger partial charge in [-0.05, 0) is 44.4 Å². The lowest BCUT2D eigenvalue weighted by Gasteiger charge is -2.23. The summed E-state index contributed by atoms with van der Waals surface area (Å²) in [4.78, 5) is 11.6. The van der Waals surface area contributed by atoms with Crippen molar-refractivity contribution in [2.24, 2.45) is 0 Å². The minimum Gasteiger partial charge on any atom is -0.465 e. The van der Waals surface area contributed by atoms with Gasteiger partial charge < -0.3 is 9.47 Å². The van der Waals surface area contributed by atoms with E-state index in [1.807, 2.05) is 23.7 Å². The SMILES string of the molecule is COC(=O)c1ccc2c(c1)c(C)nn2C1CCCCO1. The molecule has 0 spiro atoms. The Hall–Kier alpha value is -1.88. The number of aryl methyl sites for hydroxylation is 1. The van der Waals surface area contributed by atoms with Gasteiger partial charge in [0.15, 0.2) is 6.23 Å². The molecule has 3 rings (SSSR count). The molecule has 1 aromatic carbocycles. The van der Waals surface area contributed by atoms with E-state index in [1.165, 1.54) is 7.11 Å². The molecule has 0 bridgehead atoms. The molecule has 2 heterocycles. The van der Waals surface area contributed by atoms with Gasteiger partial charge in [0.1, 0.15) is 0 Å². The summed E-state index contributed by atoms with van der Waals surface area (Å²) in [5, 5.41) is 5.55. The van der Waals surface area contributed by atoms with Crippen LogP contribution in [0.2, 0.25) is 0 Å². The number of esters is 1. The molecular formula is C15H18N2O3. The van der Waals surface area contributed by atoms with Gasteiger partial charge >= 0.3 is 5.97 Å². The summed E-state index contributed by atoms with van der Waals surface area (Å²) in [6.45, 7) is 2.73. The van der Waals surface area contributed by atoms with Gasteiger partial charge in [0.25, 0.3) is 0 Å². The van der Waals surface area contributed by atoms with Crippen LogP contribution in [0.25, 0.3) is 10.9 Å². The van der Waals surface area contributed by atoms with E-state index >= 15 is 0 Å². The molecule has 0 amide bonds. The lowest BCUT2D eigenvalue weighted by atomic mass is 10.1. The molecule has 0 saturated carbocycles. The van der Waals surface area contributed by atoms with Gasteiger partial charge in [0.05, 0.1) is 23.9 Å². The molecule has 0 N–H and O–H groups in total. The van der Waals surface area contributed by atoms with Crippen LogP contribution in [-0.4, -0.2) is 29.5 Å². The third-order valence-electron chi connectivity index (χ3n) is 3.74. The van der Waals surface area contributed by atoms with Crippen LogP contribution in [0.15, 0.2) is 18.2 Å². The monoisotopic (exact) mass is 274 g/mol. The standard InChI is InChI=1S/C15H18N2O3/c1-10-12-9-11(15(18)19-2)6-7-13(12)17(16-10)14-5-3-4-8-20-14/h6-7,9,14H,3-5,8H2,1-2H3. The number of hydrogen-bond donors (Lipinski definition) is 0. The minimum absolute atomic E-state index is 0.00364. The Morgan fingerprint density at radius 2 is 2.30 bits per heavy atom. The van der Waals surface area contributed by atoms with Crippen LogP contribution < -0.4 is 0 Å². The fourth-order valence-corrected chi connectivity index (χ4v) is 2.68. The van der Waals surface area contributed by atoms with Gasteiger partial charge in [-0.25, -0.2) is 9.48 Å². The van der Waals surface area contributed by atoms with Gasteiger partial charge in [-0.2, -0.15) is 5.10 Å². The molecule has 1 aromatic heterocycles. The van der Waals surface area contributed by atoms with E-state index in [0.717, 1.165) is 42.5 Å². The van der Waals surface area contributed by atoms with E-state index in [9.17, 15) is 4.79 Å². The largest absolute Gasteiger partial charge is 0.465 e. The Bertz CT molecular complexity index is 642. The van der Waals surface area contributed by atoms with Crippen molar-refractivity contribution in [1.29, 1.82) is 0 Å². The van der Waals surface area contributed by atoms with Gasteiger partial charge in [0, 0.05) is 12.0 Å². The first-order valence-corrected chi connectivity index (χ1v) is 6.89. The topological polar surface area (TPSA) is 53.3 Å². The number of carbonyl (C=O) groups is 1. The molecular weight excluding hydrogens is 256 g/mol. The molecule has 1 fully saturated rings. The number of benzene rings is 1. The fourth-order valence-electron chi connectivity index (χ4n) is 2.68. The summed E-state index contributed by atoms with van der Waals surface area (Å²) in [6, 6.07) is 5.52. The molecule has 1 aliphatic rings. The Morgan fingerprint density at radius 1 is 1.45 bits per heavy atom. The number of hydrogen-bond acceptors (Lipinski definition) is 4.